The van der Waals surface area contributed by atoms with Gasteiger partial charge in [-0.25, -0.2) is 0 Å². The minimum absolute atomic E-state index is 0.0121. The lowest BCUT2D eigenvalue weighted by Gasteiger charge is -2.35. The molecule has 6 fully saturated rings. The van der Waals surface area contributed by atoms with Crippen LogP contribution in [0.15, 0.2) is 155 Å². The molecule has 11 amide bonds. The number of nitrogens with one attached hydrogen (secondary N) is 8. The van der Waals surface area contributed by atoms with Gasteiger partial charge in [0.15, 0.2) is 0 Å². The normalized spacial score (nSPS) is 18.0. The van der Waals surface area contributed by atoms with Crippen molar-refractivity contribution in [1.82, 2.24) is 65.1 Å². The molecule has 2 atom stereocenters. The highest BCUT2D eigenvalue weighted by atomic mass is 19.4. The first-order valence-corrected chi connectivity index (χ1v) is 48.7. The molecule has 16 rings (SSSR count). The zero-order chi connectivity index (χ0) is 102. The van der Waals surface area contributed by atoms with Crippen LogP contribution < -0.4 is 58.6 Å². The number of rotatable bonds is 35. The van der Waals surface area contributed by atoms with Crippen molar-refractivity contribution in [2.75, 3.05) is 177 Å². The van der Waals surface area contributed by atoms with Crippen LogP contribution in [-0.4, -0.2) is 289 Å². The Bertz CT molecular complexity index is 6140. The summed E-state index contributed by atoms with van der Waals surface area (Å²) in [4.78, 5) is 198. The Morgan fingerprint density at radius 2 is 0.860 bits per heavy atom. The fourth-order valence-corrected chi connectivity index (χ4v) is 19.2. The highest BCUT2D eigenvalue weighted by Crippen LogP contribution is 2.41. The summed E-state index contributed by atoms with van der Waals surface area (Å²) in [6, 6.07) is 36.6. The van der Waals surface area contributed by atoms with Gasteiger partial charge < -0.3 is 61.7 Å². The van der Waals surface area contributed by atoms with Gasteiger partial charge in [-0.15, -0.1) is 0 Å². The molecular formula is C103H121F6N19O15. The number of hydrogen-bond acceptors (Lipinski definition) is 24. The number of benzene rings is 6. The summed E-state index contributed by atoms with van der Waals surface area (Å²) in [7, 11) is 4.05. The lowest BCUT2D eigenvalue weighted by atomic mass is 9.97. The van der Waals surface area contributed by atoms with Crippen molar-refractivity contribution in [1.29, 1.82) is 0 Å². The largest absolute Gasteiger partial charge is 0.481 e. The predicted molar refractivity (Wildman–Crippen MR) is 526 cm³/mol. The molecule has 760 valence electrons. The number of amides is 11. The fourth-order valence-electron chi connectivity index (χ4n) is 19.2. The summed E-state index contributed by atoms with van der Waals surface area (Å²) in [5.74, 6) is -6.84. The number of aromatic amines is 2. The summed E-state index contributed by atoms with van der Waals surface area (Å²) in [6.45, 7) is 18.2. The number of carbonyl (C=O) groups is 12. The van der Waals surface area contributed by atoms with Crippen molar-refractivity contribution in [2.24, 2.45) is 5.73 Å². The summed E-state index contributed by atoms with van der Waals surface area (Å²) in [5.41, 5.74) is 10.2. The number of halogens is 6. The summed E-state index contributed by atoms with van der Waals surface area (Å²) in [5, 5.41) is 24.8. The lowest BCUT2D eigenvalue weighted by Crippen LogP contribution is -2.54. The molecule has 40 heteroatoms. The molecule has 6 saturated heterocycles. The zero-order valence-electron chi connectivity index (χ0n) is 80.1. The highest BCUT2D eigenvalue weighted by molar-refractivity contribution is 6.26. The number of fused-ring (bicyclic) bond motifs is 2. The van der Waals surface area contributed by atoms with Crippen LogP contribution in [0.2, 0.25) is 0 Å². The number of likely N-dealkylation sites (N-methyl/N-ethyl adjacent to an activating group) is 2. The van der Waals surface area contributed by atoms with Crippen LogP contribution in [-0.2, 0) is 60.6 Å². The maximum atomic E-state index is 13.9. The monoisotopic (exact) mass is 1980 g/mol. The van der Waals surface area contributed by atoms with Gasteiger partial charge in [-0.3, -0.25) is 107 Å². The van der Waals surface area contributed by atoms with E-state index in [9.17, 15) is 93.5 Å². The SMILES string of the molecule is CN1CCN(c2ccc(-c3cccc(CN4CCN(CCN)CC4)c3)cc2NC(=O)c2c[nH]c(=O)cc2C(F)(F)F)CC1.CN1CCN(c2ccc(-c3cccc(CN4CCN(CCNC(=O)CCCCCCNc5cccc6c5C(=O)N(C5CCC(=O)NC5=O)C6=O)CC4)c3)cc2NC(=O)c2c[nH]c(=O)cc2C(F)(F)F)CC1.O=C(O)CCCCCCCc1cccc2c1C(=O)N(C1CCC(=O)NC1=O)C2=O. The van der Waals surface area contributed by atoms with E-state index < -0.39 is 123 Å². The van der Waals surface area contributed by atoms with Gasteiger partial charge in [0, 0.05) is 206 Å². The number of pyridine rings is 2. The van der Waals surface area contributed by atoms with Crippen molar-refractivity contribution in [3.63, 3.8) is 0 Å². The Hall–Kier alpha value is -13.6. The summed E-state index contributed by atoms with van der Waals surface area (Å²) in [6.07, 6.45) is 0.866. The van der Waals surface area contributed by atoms with Gasteiger partial charge in [-0.05, 0) is 153 Å². The van der Waals surface area contributed by atoms with Crippen molar-refractivity contribution in [3.05, 3.63) is 228 Å². The molecule has 11 N–H and O–H groups in total. The van der Waals surface area contributed by atoms with Gasteiger partial charge in [0.1, 0.15) is 12.1 Å². The van der Waals surface area contributed by atoms with Crippen molar-refractivity contribution in [3.8, 4) is 22.3 Å². The van der Waals surface area contributed by atoms with E-state index in [2.05, 4.69) is 105 Å². The summed E-state index contributed by atoms with van der Waals surface area (Å²) < 4.78 is 82.9. The van der Waals surface area contributed by atoms with E-state index in [1.165, 1.54) is 0 Å². The number of piperidine rings is 2. The number of aryl methyl sites for hydroxylation is 1. The Morgan fingerprint density at radius 3 is 1.34 bits per heavy atom. The van der Waals surface area contributed by atoms with Gasteiger partial charge in [0.05, 0.1) is 67.3 Å². The number of aromatic nitrogens is 2. The molecule has 0 radical (unpaired) electrons. The molecule has 6 aromatic carbocycles. The van der Waals surface area contributed by atoms with Crippen LogP contribution >= 0.6 is 0 Å². The van der Waals surface area contributed by atoms with Gasteiger partial charge in [0.25, 0.3) is 35.4 Å². The van der Waals surface area contributed by atoms with E-state index >= 15 is 0 Å². The van der Waals surface area contributed by atoms with Crippen LogP contribution in [0, 0.1) is 0 Å². The number of carboxylic acid groups (broad SMARTS) is 1. The molecular weight excluding hydrogens is 1860 g/mol. The second-order valence-corrected chi connectivity index (χ2v) is 37.2. The Balaban J connectivity index is 0.000000190. The first-order chi connectivity index (χ1) is 68.6. The maximum Gasteiger partial charge on any atom is 0.417 e. The van der Waals surface area contributed by atoms with Crippen LogP contribution in [0.1, 0.15) is 186 Å². The van der Waals surface area contributed by atoms with Crippen LogP contribution in [0.3, 0.4) is 0 Å². The number of aliphatic carboxylic acids is 1. The van der Waals surface area contributed by atoms with E-state index in [0.29, 0.717) is 118 Å². The number of unbranched alkanes of at least 4 members (excludes halogenated alkanes) is 7. The predicted octanol–water partition coefficient (Wildman–Crippen LogP) is 9.96. The number of H-pyrrole nitrogens is 2. The van der Waals surface area contributed by atoms with Crippen molar-refractivity contribution >= 4 is 99.4 Å². The molecule has 8 aliphatic heterocycles. The third-order valence-corrected chi connectivity index (χ3v) is 27.1. The molecule has 34 nitrogen and oxygen atoms in total. The minimum atomic E-state index is -4.90. The Kier molecular flexibility index (Phi) is 35.6. The smallest absolute Gasteiger partial charge is 0.417 e. The quantitative estimate of drug-likeness (QED) is 0.0100. The van der Waals surface area contributed by atoms with E-state index in [1.807, 2.05) is 74.8 Å². The van der Waals surface area contributed by atoms with Crippen molar-refractivity contribution in [2.45, 2.75) is 140 Å². The number of piperazine rings is 4. The molecule has 0 bridgehead atoms. The molecule has 0 spiro atoms. The van der Waals surface area contributed by atoms with E-state index in [1.54, 1.807) is 36.4 Å². The standard InChI is InChI=1S/C51H59F3N10O7.C31H38F3N7O2.C21H24N2O6/c1-60-20-26-63(27-21-60)41-14-13-35(29-40(41)58-47(68)37-31-57-45(67)30-38(37)51(52,53)54)34-9-6-8-33(28-34)32-62-24-22-61(23-25-62)19-18-56-43(65)12-4-2-3-5-17-55-39-11-7-10-36-46(39)50(71)64(49(36)70)42-15-16-44(66)59-48(42)69;1-38-9-15-41(16-10-38)28-6-5-24(18-27(28)37-30(43)25-20-36-29(42)19-26(25)31(32,33)34)23-4-2-3-22(17-23)21-40-13-11-39(8-7-35)12-14-40;24-16-12-11-15(19(27)22-16)23-20(28)14-9-6-8-13(18(14)21(23)29)7-4-2-1-3-5-10-17(25)26/h6-11,13-14,28-31,42,55H,2-5,12,15-27,32H2,1H3,(H,56,65)(H,57,67)(H,58,68)(H,59,66,69);2-6,17-20H,7-16,21,35H2,1H3,(H,36,42)(H,37,43);6,8-9,15H,1-5,7,10-12H2,(H,25,26)(H,22,24,27). The van der Waals surface area contributed by atoms with E-state index in [-0.39, 0.29) is 49.1 Å². The molecule has 10 heterocycles. The van der Waals surface area contributed by atoms with Crippen LogP contribution in [0.4, 0.5) is 54.8 Å². The fraction of sp³-hybridized carbons (Fsp3) is 0.437. The molecule has 0 saturated carbocycles. The van der Waals surface area contributed by atoms with E-state index in [0.717, 1.165) is 216 Å². The molecule has 8 aliphatic rings. The highest BCUT2D eigenvalue weighted by Gasteiger charge is 2.48. The Labute approximate surface area is 822 Å². The molecule has 2 unspecified atom stereocenters. The number of anilines is 5. The third kappa shape index (κ3) is 27.4. The minimum Gasteiger partial charge on any atom is -0.481 e. The topological polar surface area (TPSA) is 421 Å². The molecule has 2 aromatic heterocycles. The van der Waals surface area contributed by atoms with Gasteiger partial charge in [-0.2, -0.15) is 26.3 Å². The maximum absolute atomic E-state index is 13.9. The van der Waals surface area contributed by atoms with Crippen LogP contribution in [0.5, 0.6) is 0 Å². The van der Waals surface area contributed by atoms with Gasteiger partial charge >= 0.3 is 18.3 Å². The second kappa shape index (κ2) is 48.4. The van der Waals surface area contributed by atoms with Crippen molar-refractivity contribution < 1.29 is 89.0 Å². The Morgan fingerprint density at radius 1 is 0.434 bits per heavy atom. The lowest BCUT2D eigenvalue weighted by molar-refractivity contribution is -0.138. The van der Waals surface area contributed by atoms with E-state index in [4.69, 9.17) is 10.8 Å². The molecule has 143 heavy (non-hydrogen) atoms. The van der Waals surface area contributed by atoms with Gasteiger partial charge in [0.2, 0.25) is 40.7 Å². The number of hydrogen-bond donors (Lipinski definition) is 10. The number of nitrogens with two attached hydrogens (primary N) is 1. The second-order valence-electron chi connectivity index (χ2n) is 37.2. The summed E-state index contributed by atoms with van der Waals surface area (Å²) >= 11 is 0. The third-order valence-electron chi connectivity index (χ3n) is 27.1. The average Bonchev–Trinajstić information content (AvgIpc) is 1.59. The molecule has 8 aromatic rings. The number of alkyl halides is 6. The first kappa shape index (κ1) is 105. The number of carbonyl (C=O) groups excluding carboxylic acids is 11. The average molecular weight is 1980 g/mol. The number of imide groups is 4. The number of nitrogens with zero attached hydrogens (tertiary/aromatic N) is 10. The number of carboxylic acids is 1. The van der Waals surface area contributed by atoms with Gasteiger partial charge in [-0.1, -0.05) is 98.8 Å². The molecule has 0 aliphatic carbocycles. The zero-order valence-corrected chi connectivity index (χ0v) is 80.1. The van der Waals surface area contributed by atoms with Crippen LogP contribution in [0.25, 0.3) is 22.3 Å². The first-order valence-electron chi connectivity index (χ1n) is 48.7.